The van der Waals surface area contributed by atoms with Gasteiger partial charge in [0.15, 0.2) is 0 Å². The normalized spacial score (nSPS) is 13.6. The average Bonchev–Trinajstić information content (AvgIpc) is 4.06. The summed E-state index contributed by atoms with van der Waals surface area (Å²) in [5.41, 5.74) is 15.4. The molecule has 8 aromatic carbocycles. The Bertz CT molecular complexity index is 3900. The third kappa shape index (κ3) is 8.56. The van der Waals surface area contributed by atoms with Crippen LogP contribution in [0.15, 0.2) is 156 Å². The zero-order chi connectivity index (χ0) is 51.8. The zero-order valence-electron chi connectivity index (χ0n) is 45.5. The third-order valence-corrected chi connectivity index (χ3v) is 14.3. The number of hydrogen-bond acceptors (Lipinski definition) is 5. The Hall–Kier alpha value is -7.05. The summed E-state index contributed by atoms with van der Waals surface area (Å²) in [6, 6.07) is 56.8. The van der Waals surface area contributed by atoms with Crippen molar-refractivity contribution in [1.82, 2.24) is 14.5 Å². The Balaban J connectivity index is 0.000000323. The molecule has 0 saturated heterocycles. The van der Waals surface area contributed by atoms with Crippen molar-refractivity contribution in [2.24, 2.45) is 0 Å². The van der Waals surface area contributed by atoms with Crippen LogP contribution in [0.5, 0.6) is 0 Å². The summed E-state index contributed by atoms with van der Waals surface area (Å²) in [6.07, 6.45) is 1.87. The van der Waals surface area contributed by atoms with E-state index >= 15 is 0 Å². The number of likely N-dealkylation sites (N-methyl/N-ethyl adjacent to an activating group) is 2. The van der Waals surface area contributed by atoms with Gasteiger partial charge in [0.25, 0.3) is 0 Å². The molecule has 0 bridgehead atoms. The topological polar surface area (TPSA) is 50.3 Å². The van der Waals surface area contributed by atoms with Crippen LogP contribution in [0.4, 0.5) is 11.4 Å². The summed E-state index contributed by atoms with van der Waals surface area (Å²) in [4.78, 5) is 14.6. The number of aryl methyl sites for hydroxylation is 1. The van der Waals surface area contributed by atoms with Crippen molar-refractivity contribution in [1.29, 1.82) is 0 Å². The molecule has 0 fully saturated rings. The number of aromatic nitrogens is 3. The van der Waals surface area contributed by atoms with E-state index in [4.69, 9.17) is 13.5 Å². The number of pyridine rings is 1. The fourth-order valence-electron chi connectivity index (χ4n) is 10.4. The minimum atomic E-state index is -2.40. The fraction of sp³-hybridized carbons (Fsp3) is 0.231. The minimum absolute atomic E-state index is 0. The summed E-state index contributed by atoms with van der Waals surface area (Å²) in [6.45, 7) is 15.0. The zero-order valence-corrected chi connectivity index (χ0v) is 44.9. The van der Waals surface area contributed by atoms with Gasteiger partial charge in [-0.25, -0.2) is 0 Å². The molecule has 363 valence electrons. The fourth-order valence-corrected chi connectivity index (χ4v) is 10.4. The number of anilines is 2. The Morgan fingerprint density at radius 1 is 0.681 bits per heavy atom. The molecule has 0 aliphatic carbocycles. The van der Waals surface area contributed by atoms with Crippen LogP contribution < -0.4 is 9.80 Å². The van der Waals surface area contributed by atoms with Crippen LogP contribution in [0.25, 0.3) is 94.0 Å². The van der Waals surface area contributed by atoms with E-state index in [0.29, 0.717) is 27.9 Å². The molecule has 7 heteroatoms. The van der Waals surface area contributed by atoms with Crippen LogP contribution in [-0.4, -0.2) is 41.7 Å². The van der Waals surface area contributed by atoms with Crippen molar-refractivity contribution < 1.29 is 28.6 Å². The Kier molecular flexibility index (Phi) is 11.9. The van der Waals surface area contributed by atoms with Crippen molar-refractivity contribution in [2.75, 3.05) is 37.0 Å². The number of imidazole rings is 1. The minimum Gasteiger partial charge on any atom is -0.501 e. The molecule has 4 heterocycles. The number of hydrogen-bond donors (Lipinski definition) is 0. The van der Waals surface area contributed by atoms with E-state index in [1.54, 1.807) is 6.07 Å². The number of furan rings is 1. The number of rotatable bonds is 6. The molecule has 0 unspecified atom stereocenters. The molecule has 0 saturated carbocycles. The van der Waals surface area contributed by atoms with Crippen molar-refractivity contribution in [3.63, 3.8) is 0 Å². The van der Waals surface area contributed by atoms with Crippen LogP contribution in [0.1, 0.15) is 86.7 Å². The van der Waals surface area contributed by atoms with Crippen LogP contribution in [0.3, 0.4) is 0 Å². The van der Waals surface area contributed by atoms with Gasteiger partial charge in [-0.15, -0.1) is 53.6 Å². The maximum Gasteiger partial charge on any atom is 0.121 e. The maximum atomic E-state index is 8.71. The van der Waals surface area contributed by atoms with E-state index in [2.05, 4.69) is 197 Å². The number of nitrogens with zero attached hydrogens (tertiary/aromatic N) is 5. The predicted octanol–water partition coefficient (Wildman–Crippen LogP) is 16.7. The molecule has 6 nitrogen and oxygen atoms in total. The predicted molar refractivity (Wildman–Crippen MR) is 300 cm³/mol. The van der Waals surface area contributed by atoms with Crippen molar-refractivity contribution >= 4 is 65.9 Å². The van der Waals surface area contributed by atoms with E-state index in [-0.39, 0.29) is 42.9 Å². The second kappa shape index (κ2) is 19.2. The Labute approximate surface area is 441 Å². The maximum absolute atomic E-state index is 8.71. The molecule has 0 N–H and O–H groups in total. The molecular weight excluding hydrogens is 1060 g/mol. The molecular formula is C65H61IrN5O-2. The summed E-state index contributed by atoms with van der Waals surface area (Å²) < 4.78 is 35.4. The van der Waals surface area contributed by atoms with Gasteiger partial charge < -0.3 is 23.8 Å². The molecule has 0 amide bonds. The van der Waals surface area contributed by atoms with Gasteiger partial charge in [0.1, 0.15) is 5.58 Å². The van der Waals surface area contributed by atoms with Gasteiger partial charge in [-0.3, -0.25) is 4.98 Å². The molecule has 1 radical (unpaired) electrons. The smallest absolute Gasteiger partial charge is 0.121 e. The Morgan fingerprint density at radius 2 is 1.40 bits per heavy atom. The summed E-state index contributed by atoms with van der Waals surface area (Å²) in [7, 11) is 4.32. The first-order chi connectivity index (χ1) is 35.5. The van der Waals surface area contributed by atoms with Crippen molar-refractivity contribution in [3.05, 3.63) is 186 Å². The molecule has 72 heavy (non-hydrogen) atoms. The monoisotopic (exact) mass is 1120 g/mol. The first kappa shape index (κ1) is 44.9. The molecule has 0 atom stereocenters. The second-order valence-corrected chi connectivity index (χ2v) is 20.8. The van der Waals surface area contributed by atoms with Crippen molar-refractivity contribution in [2.45, 2.75) is 72.6 Å². The van der Waals surface area contributed by atoms with Crippen LogP contribution >= 0.6 is 0 Å². The molecule has 1 aliphatic rings. The van der Waals surface area contributed by atoms with Crippen LogP contribution in [-0.2, 0) is 25.5 Å². The average molecular weight is 1120 g/mol. The van der Waals surface area contributed by atoms with E-state index in [1.165, 1.54) is 27.8 Å². The van der Waals surface area contributed by atoms with Gasteiger partial charge in [0.2, 0.25) is 0 Å². The second-order valence-electron chi connectivity index (χ2n) is 20.8. The van der Waals surface area contributed by atoms with Gasteiger partial charge in [-0.05, 0) is 115 Å². The summed E-state index contributed by atoms with van der Waals surface area (Å²) >= 11 is 0. The number of benzene rings is 8. The number of fused-ring (bicyclic) bond motifs is 9. The molecule has 0 spiro atoms. The van der Waals surface area contributed by atoms with E-state index < -0.39 is 6.85 Å². The van der Waals surface area contributed by atoms with Gasteiger partial charge >= 0.3 is 0 Å². The first-order valence-electron chi connectivity index (χ1n) is 26.3. The molecule has 11 aromatic rings. The third-order valence-electron chi connectivity index (χ3n) is 14.3. The summed E-state index contributed by atoms with van der Waals surface area (Å²) in [5, 5.41) is 5.66. The van der Waals surface area contributed by atoms with Gasteiger partial charge in [-0.1, -0.05) is 139 Å². The molecule has 1 aliphatic heterocycles. The largest absolute Gasteiger partial charge is 0.501 e. The SMILES string of the molecule is CC(C)(C)c1ccnc(-c2[c-]cccc2)c1.[2H]C([2H])([2H])c1c[c-]c(-c2nc3ccc4c(c3n2-c2c(C(C)C)cc(-c3ccccc3)cc2C(C)C)N(C)CCN4C)c2oc3cc4c(ccc5ccccc54)cc3c12.[Ir]. The first-order valence-corrected chi connectivity index (χ1v) is 24.8. The van der Waals surface area contributed by atoms with Gasteiger partial charge in [0.05, 0.1) is 33.8 Å². The van der Waals surface area contributed by atoms with Crippen LogP contribution in [0, 0.1) is 19.0 Å². The van der Waals surface area contributed by atoms with Gasteiger partial charge in [0, 0.05) is 68.7 Å². The molecule has 12 rings (SSSR count). The van der Waals surface area contributed by atoms with Crippen molar-refractivity contribution in [3.8, 4) is 39.5 Å². The standard InChI is InChI=1S/C50H45N4O.C15H16N.Ir/c1-29(2)38-26-35(32-13-9-8-10-14-32)27-39(30(3)4)46(38)54-47-42(21-22-43-48(47)53(7)24-23-52(43)6)51-50(54)37-20-17-31(5)45-41-25-34-19-18-33-15-11-12-16-36(33)40(34)28-44(41)55-49(37)45;1-15(2,3)13-9-10-16-14(11-13)12-7-5-4-6-8-12;/h8-19,21-22,25-30H,23-24H2,1-7H3;4-7,9-11H,1-3H3;/q2*-1;/i5D3;;. The summed E-state index contributed by atoms with van der Waals surface area (Å²) in [5.74, 6) is 0.992. The van der Waals surface area contributed by atoms with Gasteiger partial charge in [-0.2, -0.15) is 0 Å². The Morgan fingerprint density at radius 3 is 2.12 bits per heavy atom. The van der Waals surface area contributed by atoms with E-state index in [0.717, 1.165) is 79.4 Å². The molecule has 3 aromatic heterocycles. The van der Waals surface area contributed by atoms with E-state index in [9.17, 15) is 0 Å². The quantitative estimate of drug-likeness (QED) is 0.123. The van der Waals surface area contributed by atoms with Crippen LogP contribution in [0.2, 0.25) is 0 Å². The van der Waals surface area contributed by atoms with E-state index in [1.807, 2.05) is 42.6 Å².